The monoisotopic (exact) mass is 234 g/mol. The Kier molecular flexibility index (Phi) is 4.34. The summed E-state index contributed by atoms with van der Waals surface area (Å²) in [6, 6.07) is 10.5. The van der Waals surface area contributed by atoms with Crippen molar-refractivity contribution in [3.8, 4) is 0 Å². The summed E-state index contributed by atoms with van der Waals surface area (Å²) < 4.78 is 5.54. The molecule has 1 aliphatic rings. The Morgan fingerprint density at radius 1 is 1.06 bits per heavy atom. The van der Waals surface area contributed by atoms with E-state index in [0.29, 0.717) is 0 Å². The molecule has 0 amide bonds. The van der Waals surface area contributed by atoms with Crippen LogP contribution in [0.5, 0.6) is 0 Å². The van der Waals surface area contributed by atoms with Crippen LogP contribution in [0.15, 0.2) is 45.9 Å². The van der Waals surface area contributed by atoms with E-state index in [1.165, 1.54) is 42.6 Å². The molecule has 2 rings (SSSR count). The smallest absolute Gasteiger partial charge is 0.156 e. The van der Waals surface area contributed by atoms with Crippen LogP contribution in [0.25, 0.3) is 0 Å². The highest BCUT2D eigenvalue weighted by Crippen LogP contribution is 2.35. The summed E-state index contributed by atoms with van der Waals surface area (Å²) in [5, 5.41) is 1.12. The van der Waals surface area contributed by atoms with Crippen molar-refractivity contribution < 1.29 is 4.74 Å². The third kappa shape index (κ3) is 3.05. The van der Waals surface area contributed by atoms with Crippen LogP contribution >= 0.6 is 11.8 Å². The van der Waals surface area contributed by atoms with Crippen LogP contribution in [0.3, 0.4) is 0 Å². The summed E-state index contributed by atoms with van der Waals surface area (Å²) in [4.78, 5) is 1.26. The van der Waals surface area contributed by atoms with Crippen molar-refractivity contribution in [3.63, 3.8) is 0 Å². The van der Waals surface area contributed by atoms with Gasteiger partial charge in [-0.1, -0.05) is 36.4 Å². The van der Waals surface area contributed by atoms with Crippen LogP contribution in [0, 0.1) is 0 Å². The molecule has 1 aromatic rings. The van der Waals surface area contributed by atoms with Gasteiger partial charge in [0.25, 0.3) is 0 Å². The van der Waals surface area contributed by atoms with E-state index in [-0.39, 0.29) is 0 Å². The first kappa shape index (κ1) is 11.6. The lowest BCUT2D eigenvalue weighted by molar-refractivity contribution is 0.314. The summed E-state index contributed by atoms with van der Waals surface area (Å²) in [5.74, 6) is 0. The highest BCUT2D eigenvalue weighted by atomic mass is 32.2. The highest BCUT2D eigenvalue weighted by Gasteiger charge is 2.12. The van der Waals surface area contributed by atoms with Gasteiger partial charge in [-0.25, -0.2) is 0 Å². The molecule has 16 heavy (non-hydrogen) atoms. The molecule has 0 spiro atoms. The van der Waals surface area contributed by atoms with E-state index in [4.69, 9.17) is 4.74 Å². The molecule has 0 heterocycles. The first-order valence-electron chi connectivity index (χ1n) is 5.89. The summed E-state index contributed by atoms with van der Waals surface area (Å²) in [6.45, 7) is 0. The van der Waals surface area contributed by atoms with Crippen LogP contribution in [0.2, 0.25) is 0 Å². The molecule has 1 aliphatic carbocycles. The normalized spacial score (nSPS) is 15.9. The number of hydrogen-bond acceptors (Lipinski definition) is 2. The second kappa shape index (κ2) is 6.00. The summed E-state index contributed by atoms with van der Waals surface area (Å²) in [7, 11) is 1.78. The van der Waals surface area contributed by atoms with Gasteiger partial charge < -0.3 is 4.74 Å². The highest BCUT2D eigenvalue weighted by molar-refractivity contribution is 8.03. The van der Waals surface area contributed by atoms with Gasteiger partial charge in [0.2, 0.25) is 0 Å². The predicted octanol–water partition coefficient (Wildman–Crippen LogP) is 4.60. The van der Waals surface area contributed by atoms with Gasteiger partial charge in [-0.15, -0.1) is 0 Å². The van der Waals surface area contributed by atoms with Crippen LogP contribution in [0.1, 0.15) is 32.1 Å². The second-order valence-corrected chi connectivity index (χ2v) is 5.12. The Labute approximate surface area is 102 Å². The SMILES string of the molecule is COC(Sc1ccccc1)=C1CCCCC1. The Morgan fingerprint density at radius 3 is 2.38 bits per heavy atom. The van der Waals surface area contributed by atoms with Crippen molar-refractivity contribution in [2.75, 3.05) is 7.11 Å². The first-order valence-corrected chi connectivity index (χ1v) is 6.70. The minimum Gasteiger partial charge on any atom is -0.490 e. The average molecular weight is 234 g/mol. The number of thioether (sulfide) groups is 1. The summed E-state index contributed by atoms with van der Waals surface area (Å²) >= 11 is 1.75. The molecule has 0 saturated heterocycles. The van der Waals surface area contributed by atoms with Crippen LogP contribution in [-0.4, -0.2) is 7.11 Å². The van der Waals surface area contributed by atoms with E-state index in [1.54, 1.807) is 18.9 Å². The van der Waals surface area contributed by atoms with Crippen molar-refractivity contribution in [2.45, 2.75) is 37.0 Å². The molecule has 1 fully saturated rings. The topological polar surface area (TPSA) is 9.23 Å². The van der Waals surface area contributed by atoms with E-state index in [9.17, 15) is 0 Å². The quantitative estimate of drug-likeness (QED) is 0.558. The minimum absolute atomic E-state index is 1.12. The van der Waals surface area contributed by atoms with E-state index >= 15 is 0 Å². The lowest BCUT2D eigenvalue weighted by Crippen LogP contribution is -1.98. The molecule has 0 radical (unpaired) electrons. The maximum atomic E-state index is 5.54. The molecule has 0 atom stereocenters. The minimum atomic E-state index is 1.12. The lowest BCUT2D eigenvalue weighted by Gasteiger charge is -2.17. The third-order valence-electron chi connectivity index (χ3n) is 2.88. The molecule has 0 N–H and O–H groups in total. The number of rotatable bonds is 3. The van der Waals surface area contributed by atoms with Gasteiger partial charge in [0.1, 0.15) is 0 Å². The van der Waals surface area contributed by atoms with Gasteiger partial charge in [0, 0.05) is 4.90 Å². The molecule has 1 saturated carbocycles. The summed E-state index contributed by atoms with van der Waals surface area (Å²) in [6.07, 6.45) is 6.43. The molecular formula is C14H18OS. The molecule has 2 heteroatoms. The van der Waals surface area contributed by atoms with Crippen LogP contribution in [-0.2, 0) is 4.74 Å². The van der Waals surface area contributed by atoms with E-state index in [1.807, 2.05) is 6.07 Å². The van der Waals surface area contributed by atoms with E-state index < -0.39 is 0 Å². The fraction of sp³-hybridized carbons (Fsp3) is 0.429. The van der Waals surface area contributed by atoms with Gasteiger partial charge in [-0.2, -0.15) is 0 Å². The van der Waals surface area contributed by atoms with Crippen molar-refractivity contribution in [1.29, 1.82) is 0 Å². The maximum absolute atomic E-state index is 5.54. The maximum Gasteiger partial charge on any atom is 0.156 e. The number of allylic oxidation sites excluding steroid dienone is 1. The standard InChI is InChI=1S/C14H18OS/c1-15-14(12-8-4-2-5-9-12)16-13-10-6-3-7-11-13/h3,6-7,10-11H,2,4-5,8-9H2,1H3. The number of methoxy groups -OCH3 is 1. The van der Waals surface area contributed by atoms with Crippen LogP contribution in [0.4, 0.5) is 0 Å². The molecule has 1 aromatic carbocycles. The number of hydrogen-bond donors (Lipinski definition) is 0. The second-order valence-electron chi connectivity index (χ2n) is 4.07. The van der Waals surface area contributed by atoms with Gasteiger partial charge >= 0.3 is 0 Å². The Bertz CT molecular complexity index is 348. The number of ether oxygens (including phenoxy) is 1. The van der Waals surface area contributed by atoms with Gasteiger partial charge in [0.05, 0.1) is 7.11 Å². The summed E-state index contributed by atoms with van der Waals surface area (Å²) in [5.41, 5.74) is 1.50. The van der Waals surface area contributed by atoms with E-state index in [2.05, 4.69) is 24.3 Å². The van der Waals surface area contributed by atoms with E-state index in [0.717, 1.165) is 5.09 Å². The molecule has 1 nitrogen and oxygen atoms in total. The Hall–Kier alpha value is -0.890. The lowest BCUT2D eigenvalue weighted by atomic mass is 9.96. The first-order chi connectivity index (χ1) is 7.90. The Morgan fingerprint density at radius 2 is 1.75 bits per heavy atom. The van der Waals surface area contributed by atoms with Crippen molar-refractivity contribution in [1.82, 2.24) is 0 Å². The van der Waals surface area contributed by atoms with Crippen molar-refractivity contribution in [2.24, 2.45) is 0 Å². The Balaban J connectivity index is 2.10. The molecular weight excluding hydrogens is 216 g/mol. The predicted molar refractivity (Wildman–Crippen MR) is 69.4 cm³/mol. The van der Waals surface area contributed by atoms with Gasteiger partial charge in [-0.05, 0) is 43.4 Å². The molecule has 0 aromatic heterocycles. The third-order valence-corrected chi connectivity index (χ3v) is 4.03. The van der Waals surface area contributed by atoms with Crippen molar-refractivity contribution in [3.05, 3.63) is 41.0 Å². The molecule has 86 valence electrons. The average Bonchev–Trinajstić information content (AvgIpc) is 2.38. The zero-order valence-electron chi connectivity index (χ0n) is 9.74. The number of benzene rings is 1. The molecule has 0 unspecified atom stereocenters. The van der Waals surface area contributed by atoms with Crippen LogP contribution < -0.4 is 0 Å². The zero-order chi connectivity index (χ0) is 11.2. The largest absolute Gasteiger partial charge is 0.490 e. The fourth-order valence-electron chi connectivity index (χ4n) is 2.04. The molecule has 0 aliphatic heterocycles. The van der Waals surface area contributed by atoms with Crippen molar-refractivity contribution >= 4 is 11.8 Å². The van der Waals surface area contributed by atoms with Gasteiger partial charge in [-0.3, -0.25) is 0 Å². The zero-order valence-corrected chi connectivity index (χ0v) is 10.6. The van der Waals surface area contributed by atoms with Gasteiger partial charge in [0.15, 0.2) is 5.09 Å². The fourth-order valence-corrected chi connectivity index (χ4v) is 2.98. The molecule has 0 bridgehead atoms.